The van der Waals surface area contributed by atoms with Gasteiger partial charge in [-0.3, -0.25) is 4.79 Å². The fourth-order valence-electron chi connectivity index (χ4n) is 2.05. The number of hydrogen-bond acceptors (Lipinski definition) is 3. The average Bonchev–Trinajstić information content (AvgIpc) is 2.43. The van der Waals surface area contributed by atoms with Crippen LogP contribution in [0.25, 0.3) is 0 Å². The average molecular weight is 369 g/mol. The van der Waals surface area contributed by atoms with Crippen LogP contribution in [-0.4, -0.2) is 24.6 Å². The first-order chi connectivity index (χ1) is 10.6. The fourth-order valence-corrected chi connectivity index (χ4v) is 2.05. The predicted octanol–water partition coefficient (Wildman–Crippen LogP) is 3.38. The number of para-hydroxylation sites is 1. The zero-order valence-electron chi connectivity index (χ0n) is 13.9. The van der Waals surface area contributed by atoms with Crippen molar-refractivity contribution in [2.75, 3.05) is 6.61 Å². The van der Waals surface area contributed by atoms with Gasteiger partial charge in [0.2, 0.25) is 5.91 Å². The Balaban J connectivity index is 0.00000529. The van der Waals surface area contributed by atoms with E-state index in [-0.39, 0.29) is 36.6 Å². The van der Waals surface area contributed by atoms with E-state index in [9.17, 15) is 18.0 Å². The van der Waals surface area contributed by atoms with Crippen LogP contribution >= 0.6 is 12.4 Å². The molecule has 0 spiro atoms. The number of benzene rings is 1. The summed E-state index contributed by atoms with van der Waals surface area (Å²) in [6, 6.07) is 3.87. The Morgan fingerprint density at radius 2 is 1.83 bits per heavy atom. The van der Waals surface area contributed by atoms with Gasteiger partial charge in [0.25, 0.3) is 0 Å². The van der Waals surface area contributed by atoms with Crippen LogP contribution in [0.5, 0.6) is 5.75 Å². The monoisotopic (exact) mass is 368 g/mol. The lowest BCUT2D eigenvalue weighted by molar-refractivity contribution is -0.139. The van der Waals surface area contributed by atoms with E-state index in [2.05, 4.69) is 5.32 Å². The quantitative estimate of drug-likeness (QED) is 0.775. The summed E-state index contributed by atoms with van der Waals surface area (Å²) >= 11 is 0. The van der Waals surface area contributed by atoms with Gasteiger partial charge in [0.1, 0.15) is 12.4 Å². The van der Waals surface area contributed by atoms with Crippen molar-refractivity contribution in [1.29, 1.82) is 0 Å². The molecule has 1 aromatic rings. The van der Waals surface area contributed by atoms with Gasteiger partial charge in [-0.1, -0.05) is 26.0 Å². The summed E-state index contributed by atoms with van der Waals surface area (Å²) in [6.45, 7) is 5.48. The molecular formula is C16H24ClF3N2O2. The zero-order chi connectivity index (χ0) is 17.6. The Hall–Kier alpha value is -1.47. The van der Waals surface area contributed by atoms with Crippen molar-refractivity contribution in [2.24, 2.45) is 11.7 Å². The summed E-state index contributed by atoms with van der Waals surface area (Å²) in [5.41, 5.74) is 4.92. The summed E-state index contributed by atoms with van der Waals surface area (Å²) in [6.07, 6.45) is -3.95. The number of rotatable bonds is 7. The third kappa shape index (κ3) is 7.40. The number of ether oxygens (including phenoxy) is 1. The highest BCUT2D eigenvalue weighted by atomic mass is 35.5. The van der Waals surface area contributed by atoms with E-state index in [0.29, 0.717) is 6.42 Å². The van der Waals surface area contributed by atoms with Gasteiger partial charge < -0.3 is 15.8 Å². The summed E-state index contributed by atoms with van der Waals surface area (Å²) in [5, 5.41) is 2.64. The third-order valence-electron chi connectivity index (χ3n) is 3.13. The minimum absolute atomic E-state index is 0. The van der Waals surface area contributed by atoms with Gasteiger partial charge in [0, 0.05) is 0 Å². The van der Waals surface area contributed by atoms with Gasteiger partial charge >= 0.3 is 6.18 Å². The van der Waals surface area contributed by atoms with Crippen LogP contribution in [0.15, 0.2) is 24.3 Å². The van der Waals surface area contributed by atoms with Crippen molar-refractivity contribution < 1.29 is 22.7 Å². The molecular weight excluding hydrogens is 345 g/mol. The summed E-state index contributed by atoms with van der Waals surface area (Å²) in [5.74, 6) is -0.313. The molecule has 0 bridgehead atoms. The van der Waals surface area contributed by atoms with Crippen molar-refractivity contribution in [2.45, 2.75) is 45.5 Å². The lowest BCUT2D eigenvalue weighted by Crippen LogP contribution is -2.46. The van der Waals surface area contributed by atoms with Crippen molar-refractivity contribution >= 4 is 18.3 Å². The second kappa shape index (κ2) is 9.74. The summed E-state index contributed by atoms with van der Waals surface area (Å²) in [4.78, 5) is 11.9. The molecule has 0 saturated heterocycles. The van der Waals surface area contributed by atoms with Gasteiger partial charge in [0.05, 0.1) is 17.6 Å². The normalized spacial score (nSPS) is 13.8. The molecule has 2 atom stereocenters. The Morgan fingerprint density at radius 1 is 1.25 bits per heavy atom. The minimum atomic E-state index is -4.48. The lowest BCUT2D eigenvalue weighted by atomic mass is 10.0. The first-order valence-electron chi connectivity index (χ1n) is 7.46. The van der Waals surface area contributed by atoms with Gasteiger partial charge in [-0.15, -0.1) is 12.4 Å². The standard InChI is InChI=1S/C16H23F3N2O2.ClH/c1-10(2)8-13(20)15(22)21-11(3)9-23-14-7-5-4-6-12(14)16(17,18)19;/h4-7,10-11,13H,8-9,20H2,1-3H3,(H,21,22);1H/t11?,13-;/m0./s1. The van der Waals surface area contributed by atoms with Crippen LogP contribution in [0.3, 0.4) is 0 Å². The van der Waals surface area contributed by atoms with E-state index in [1.54, 1.807) is 6.92 Å². The molecule has 3 N–H and O–H groups in total. The van der Waals surface area contributed by atoms with Crippen molar-refractivity contribution in [3.63, 3.8) is 0 Å². The molecule has 4 nitrogen and oxygen atoms in total. The fraction of sp³-hybridized carbons (Fsp3) is 0.562. The topological polar surface area (TPSA) is 64.4 Å². The van der Waals surface area contributed by atoms with E-state index in [4.69, 9.17) is 10.5 Å². The van der Waals surface area contributed by atoms with Crippen LogP contribution in [0, 0.1) is 5.92 Å². The van der Waals surface area contributed by atoms with Gasteiger partial charge in [0.15, 0.2) is 0 Å². The molecule has 24 heavy (non-hydrogen) atoms. The predicted molar refractivity (Wildman–Crippen MR) is 89.2 cm³/mol. The number of carbonyl (C=O) groups excluding carboxylic acids is 1. The molecule has 8 heteroatoms. The first-order valence-corrected chi connectivity index (χ1v) is 7.46. The number of hydrogen-bond donors (Lipinski definition) is 2. The SMILES string of the molecule is CC(C)C[C@H](N)C(=O)NC(C)COc1ccccc1C(F)(F)F.Cl. The Morgan fingerprint density at radius 3 is 2.38 bits per heavy atom. The van der Waals surface area contributed by atoms with E-state index in [1.807, 2.05) is 13.8 Å². The number of amides is 1. The second-order valence-electron chi connectivity index (χ2n) is 5.95. The molecule has 0 aliphatic heterocycles. The van der Waals surface area contributed by atoms with Crippen molar-refractivity contribution in [1.82, 2.24) is 5.32 Å². The zero-order valence-corrected chi connectivity index (χ0v) is 14.7. The summed E-state index contributed by atoms with van der Waals surface area (Å²) in [7, 11) is 0. The molecule has 1 rings (SSSR count). The summed E-state index contributed by atoms with van der Waals surface area (Å²) < 4.78 is 43.7. The number of alkyl halides is 3. The molecule has 0 aromatic heterocycles. The van der Waals surface area contributed by atoms with Crippen LogP contribution in [0.2, 0.25) is 0 Å². The molecule has 0 aliphatic carbocycles. The minimum Gasteiger partial charge on any atom is -0.491 e. The number of halogens is 4. The highest BCUT2D eigenvalue weighted by Gasteiger charge is 2.34. The molecule has 138 valence electrons. The molecule has 1 aromatic carbocycles. The number of carbonyl (C=O) groups is 1. The third-order valence-corrected chi connectivity index (χ3v) is 3.13. The van der Waals surface area contributed by atoms with Crippen molar-refractivity contribution in [3.8, 4) is 5.75 Å². The van der Waals surface area contributed by atoms with E-state index in [1.165, 1.54) is 18.2 Å². The maximum Gasteiger partial charge on any atom is 0.419 e. The smallest absolute Gasteiger partial charge is 0.419 e. The van der Waals surface area contributed by atoms with Crippen LogP contribution in [-0.2, 0) is 11.0 Å². The number of nitrogens with two attached hydrogens (primary N) is 1. The van der Waals surface area contributed by atoms with Crippen LogP contribution in [0.1, 0.15) is 32.8 Å². The molecule has 1 amide bonds. The lowest BCUT2D eigenvalue weighted by Gasteiger charge is -2.20. The largest absolute Gasteiger partial charge is 0.491 e. The molecule has 0 radical (unpaired) electrons. The van der Waals surface area contributed by atoms with E-state index < -0.39 is 23.8 Å². The first kappa shape index (κ1) is 22.5. The Labute approximate surface area is 146 Å². The van der Waals surface area contributed by atoms with Gasteiger partial charge in [-0.25, -0.2) is 0 Å². The van der Waals surface area contributed by atoms with E-state index in [0.717, 1.165) is 6.07 Å². The molecule has 0 aliphatic rings. The molecule has 0 fully saturated rings. The van der Waals surface area contributed by atoms with Gasteiger partial charge in [-0.2, -0.15) is 13.2 Å². The molecule has 0 saturated carbocycles. The highest BCUT2D eigenvalue weighted by molar-refractivity contribution is 5.85. The van der Waals surface area contributed by atoms with Crippen LogP contribution < -0.4 is 15.8 Å². The van der Waals surface area contributed by atoms with Crippen LogP contribution in [0.4, 0.5) is 13.2 Å². The highest BCUT2D eigenvalue weighted by Crippen LogP contribution is 2.35. The van der Waals surface area contributed by atoms with Gasteiger partial charge in [-0.05, 0) is 31.4 Å². The Kier molecular flexibility index (Phi) is 9.14. The molecule has 0 heterocycles. The van der Waals surface area contributed by atoms with Crippen molar-refractivity contribution in [3.05, 3.63) is 29.8 Å². The maximum atomic E-state index is 12.8. The Bertz CT molecular complexity index is 524. The maximum absolute atomic E-state index is 12.8. The van der Waals surface area contributed by atoms with E-state index >= 15 is 0 Å². The second-order valence-corrected chi connectivity index (χ2v) is 5.95. The molecule has 1 unspecified atom stereocenters. The number of nitrogens with one attached hydrogen (secondary N) is 1.